The highest BCUT2D eigenvalue weighted by Crippen LogP contribution is 1.96. The molecule has 3 N–H and O–H groups in total. The van der Waals surface area contributed by atoms with Crippen molar-refractivity contribution < 1.29 is 5.21 Å². The molecule has 0 aliphatic heterocycles. The standard InChI is InChI=1S/C7H7N3OS/c8-7(12)6-3-1-2-5(10-6)4-9-11/h1-4,11H,(H2,8,12)/b9-4-. The molecular formula is C7H7N3OS. The Morgan fingerprint density at radius 2 is 2.42 bits per heavy atom. The van der Waals surface area contributed by atoms with Gasteiger partial charge >= 0.3 is 0 Å². The van der Waals surface area contributed by atoms with E-state index in [1.165, 1.54) is 6.21 Å². The molecule has 1 rings (SSSR count). The van der Waals surface area contributed by atoms with Gasteiger partial charge in [-0.1, -0.05) is 23.4 Å². The van der Waals surface area contributed by atoms with Gasteiger partial charge in [-0.2, -0.15) is 0 Å². The Morgan fingerprint density at radius 3 is 3.00 bits per heavy atom. The molecule has 0 saturated carbocycles. The van der Waals surface area contributed by atoms with Gasteiger partial charge in [0.2, 0.25) is 0 Å². The molecule has 0 atom stereocenters. The van der Waals surface area contributed by atoms with E-state index in [-0.39, 0.29) is 4.99 Å². The molecule has 1 aromatic heterocycles. The van der Waals surface area contributed by atoms with Crippen molar-refractivity contribution in [3.63, 3.8) is 0 Å². The van der Waals surface area contributed by atoms with E-state index in [4.69, 9.17) is 23.2 Å². The van der Waals surface area contributed by atoms with Crippen molar-refractivity contribution >= 4 is 23.4 Å². The molecule has 62 valence electrons. The lowest BCUT2D eigenvalue weighted by atomic mass is 10.3. The van der Waals surface area contributed by atoms with Crippen LogP contribution in [-0.4, -0.2) is 21.4 Å². The minimum atomic E-state index is 0.225. The number of hydrogen-bond donors (Lipinski definition) is 2. The zero-order chi connectivity index (χ0) is 8.97. The second-order valence-electron chi connectivity index (χ2n) is 2.06. The highest BCUT2D eigenvalue weighted by Gasteiger charge is 1.97. The molecule has 1 heterocycles. The van der Waals surface area contributed by atoms with E-state index in [0.29, 0.717) is 11.4 Å². The van der Waals surface area contributed by atoms with E-state index >= 15 is 0 Å². The van der Waals surface area contributed by atoms with Gasteiger partial charge in [0, 0.05) is 0 Å². The van der Waals surface area contributed by atoms with Crippen molar-refractivity contribution in [1.82, 2.24) is 4.98 Å². The summed E-state index contributed by atoms with van der Waals surface area (Å²) in [5.41, 5.74) is 6.37. The van der Waals surface area contributed by atoms with Gasteiger partial charge in [-0.3, -0.25) is 0 Å². The predicted octanol–water partition coefficient (Wildman–Crippen LogP) is 0.524. The second kappa shape index (κ2) is 3.77. The number of aromatic nitrogens is 1. The van der Waals surface area contributed by atoms with E-state index in [1.807, 2.05) is 0 Å². The SMILES string of the molecule is NC(=S)c1cccc(/C=N\O)n1. The van der Waals surface area contributed by atoms with Crippen LogP contribution < -0.4 is 5.73 Å². The Hall–Kier alpha value is -1.49. The summed E-state index contributed by atoms with van der Waals surface area (Å²) in [4.78, 5) is 4.21. The number of thiocarbonyl (C=S) groups is 1. The van der Waals surface area contributed by atoms with Crippen LogP contribution in [-0.2, 0) is 0 Å². The fourth-order valence-electron chi connectivity index (χ4n) is 0.720. The van der Waals surface area contributed by atoms with Gasteiger partial charge in [0.1, 0.15) is 4.99 Å². The smallest absolute Gasteiger partial charge is 0.122 e. The minimum Gasteiger partial charge on any atom is -0.411 e. The minimum absolute atomic E-state index is 0.225. The summed E-state index contributed by atoms with van der Waals surface area (Å²) < 4.78 is 0. The van der Waals surface area contributed by atoms with Crippen molar-refractivity contribution in [2.45, 2.75) is 0 Å². The topological polar surface area (TPSA) is 71.5 Å². The van der Waals surface area contributed by atoms with Crippen LogP contribution in [0.25, 0.3) is 0 Å². The summed E-state index contributed by atoms with van der Waals surface area (Å²) in [6.45, 7) is 0. The van der Waals surface area contributed by atoms with Gasteiger partial charge in [-0.05, 0) is 12.1 Å². The molecule has 0 radical (unpaired) electrons. The summed E-state index contributed by atoms with van der Waals surface area (Å²) >= 11 is 4.71. The van der Waals surface area contributed by atoms with E-state index in [9.17, 15) is 0 Å². The van der Waals surface area contributed by atoms with Gasteiger partial charge in [0.15, 0.2) is 0 Å². The molecule has 5 heteroatoms. The van der Waals surface area contributed by atoms with Crippen LogP contribution in [0.3, 0.4) is 0 Å². The zero-order valence-electron chi connectivity index (χ0n) is 6.14. The number of nitrogens with zero attached hydrogens (tertiary/aromatic N) is 2. The Labute approximate surface area is 74.7 Å². The molecular weight excluding hydrogens is 174 g/mol. The van der Waals surface area contributed by atoms with Crippen molar-refractivity contribution in [3.05, 3.63) is 29.6 Å². The van der Waals surface area contributed by atoms with E-state index in [0.717, 1.165) is 0 Å². The lowest BCUT2D eigenvalue weighted by Gasteiger charge is -1.96. The van der Waals surface area contributed by atoms with Gasteiger partial charge in [-0.15, -0.1) is 0 Å². The van der Waals surface area contributed by atoms with E-state index in [1.54, 1.807) is 18.2 Å². The number of hydrogen-bond acceptors (Lipinski definition) is 4. The average molecular weight is 181 g/mol. The molecule has 12 heavy (non-hydrogen) atoms. The summed E-state index contributed by atoms with van der Waals surface area (Å²) in [6, 6.07) is 5.11. The van der Waals surface area contributed by atoms with Crippen LogP contribution in [0.5, 0.6) is 0 Å². The maximum atomic E-state index is 8.21. The van der Waals surface area contributed by atoms with Crippen LogP contribution in [0.4, 0.5) is 0 Å². The zero-order valence-corrected chi connectivity index (χ0v) is 6.95. The molecule has 0 fully saturated rings. The molecule has 0 unspecified atom stereocenters. The van der Waals surface area contributed by atoms with Crippen LogP contribution in [0.2, 0.25) is 0 Å². The van der Waals surface area contributed by atoms with Crippen molar-refractivity contribution in [3.8, 4) is 0 Å². The molecule has 0 aliphatic rings. The second-order valence-corrected chi connectivity index (χ2v) is 2.50. The van der Waals surface area contributed by atoms with Crippen LogP contribution in [0, 0.1) is 0 Å². The third kappa shape index (κ3) is 2.00. The fourth-order valence-corrected chi connectivity index (χ4v) is 0.833. The van der Waals surface area contributed by atoms with Gasteiger partial charge < -0.3 is 10.9 Å². The quantitative estimate of drug-likeness (QED) is 0.302. The lowest BCUT2D eigenvalue weighted by Crippen LogP contribution is -2.12. The summed E-state index contributed by atoms with van der Waals surface area (Å²) in [5, 5.41) is 11.0. The molecule has 0 spiro atoms. The first-order chi connectivity index (χ1) is 5.74. The van der Waals surface area contributed by atoms with Crippen molar-refractivity contribution in [2.75, 3.05) is 0 Å². The third-order valence-electron chi connectivity index (χ3n) is 1.21. The fraction of sp³-hybridized carbons (Fsp3) is 0. The highest BCUT2D eigenvalue weighted by molar-refractivity contribution is 7.80. The summed E-state index contributed by atoms with van der Waals surface area (Å²) in [6.07, 6.45) is 1.21. The number of nitrogens with two attached hydrogens (primary N) is 1. The first kappa shape index (κ1) is 8.61. The van der Waals surface area contributed by atoms with Gasteiger partial charge in [0.25, 0.3) is 0 Å². The largest absolute Gasteiger partial charge is 0.411 e. The normalized spacial score (nSPS) is 10.3. The molecule has 0 aromatic carbocycles. The Balaban J connectivity index is 3.03. The number of oxime groups is 1. The Kier molecular flexibility index (Phi) is 2.71. The average Bonchev–Trinajstić information content (AvgIpc) is 2.05. The molecule has 0 amide bonds. The van der Waals surface area contributed by atoms with Crippen LogP contribution >= 0.6 is 12.2 Å². The third-order valence-corrected chi connectivity index (χ3v) is 1.42. The highest BCUT2D eigenvalue weighted by atomic mass is 32.1. The Morgan fingerprint density at radius 1 is 1.67 bits per heavy atom. The van der Waals surface area contributed by atoms with E-state index in [2.05, 4.69) is 10.1 Å². The number of pyridine rings is 1. The molecule has 1 aromatic rings. The van der Waals surface area contributed by atoms with E-state index < -0.39 is 0 Å². The summed E-state index contributed by atoms with van der Waals surface area (Å²) in [5.74, 6) is 0. The predicted molar refractivity (Wildman–Crippen MR) is 49.5 cm³/mol. The molecule has 4 nitrogen and oxygen atoms in total. The molecule has 0 saturated heterocycles. The van der Waals surface area contributed by atoms with Crippen LogP contribution in [0.1, 0.15) is 11.4 Å². The van der Waals surface area contributed by atoms with Crippen molar-refractivity contribution in [1.29, 1.82) is 0 Å². The van der Waals surface area contributed by atoms with Crippen molar-refractivity contribution in [2.24, 2.45) is 10.9 Å². The lowest BCUT2D eigenvalue weighted by molar-refractivity contribution is 0.321. The maximum Gasteiger partial charge on any atom is 0.122 e. The first-order valence-electron chi connectivity index (χ1n) is 3.18. The first-order valence-corrected chi connectivity index (χ1v) is 3.59. The van der Waals surface area contributed by atoms with Gasteiger partial charge in [-0.25, -0.2) is 4.98 Å². The molecule has 0 bridgehead atoms. The van der Waals surface area contributed by atoms with Gasteiger partial charge in [0.05, 0.1) is 17.6 Å². The van der Waals surface area contributed by atoms with Crippen LogP contribution in [0.15, 0.2) is 23.4 Å². The molecule has 0 aliphatic carbocycles. The Bertz CT molecular complexity index is 324. The monoisotopic (exact) mass is 181 g/mol. The number of rotatable bonds is 2. The summed E-state index contributed by atoms with van der Waals surface area (Å²) in [7, 11) is 0. The maximum absolute atomic E-state index is 8.21.